The number of allylic oxidation sites excluding steroid dienone is 2. The summed E-state index contributed by atoms with van der Waals surface area (Å²) in [6.45, 7) is 6.75. The minimum absolute atomic E-state index is 0.0274. The number of benzene rings is 3. The van der Waals surface area contributed by atoms with E-state index in [0.29, 0.717) is 49.1 Å². The Kier molecular flexibility index (Phi) is 10.2. The molecular formula is C41H47NO5S. The van der Waals surface area contributed by atoms with Crippen molar-refractivity contribution in [3.63, 3.8) is 0 Å². The lowest BCUT2D eigenvalue weighted by atomic mass is 9.64. The van der Waals surface area contributed by atoms with Gasteiger partial charge in [-0.25, -0.2) is 4.79 Å². The molecule has 0 radical (unpaired) electrons. The molecule has 0 spiro atoms. The number of hydrogen-bond donors (Lipinski definition) is 2. The average molecular weight is 666 g/mol. The number of aliphatic hydroxyl groups is 2. The zero-order chi connectivity index (χ0) is 33.9. The minimum Gasteiger partial charge on any atom is -0.450 e. The van der Waals surface area contributed by atoms with Crippen molar-refractivity contribution in [2.24, 2.45) is 5.41 Å². The van der Waals surface area contributed by atoms with E-state index in [9.17, 15) is 19.8 Å². The summed E-state index contributed by atoms with van der Waals surface area (Å²) in [4.78, 5) is 30.2. The fourth-order valence-electron chi connectivity index (χ4n) is 7.94. The van der Waals surface area contributed by atoms with E-state index in [4.69, 9.17) is 4.74 Å². The highest BCUT2D eigenvalue weighted by molar-refractivity contribution is 7.21. The first-order valence-corrected chi connectivity index (χ1v) is 18.1. The molecule has 3 aliphatic carbocycles. The van der Waals surface area contributed by atoms with Gasteiger partial charge in [-0.3, -0.25) is 4.79 Å². The SMILES string of the molecule is CCOC(=O)N(Cc1ccccc1)CC1(O)CCC2c3ccc(cc3C(=O)c3cc4ccccc4s3)CC(O)CCC(C)=CCCC21C. The van der Waals surface area contributed by atoms with Gasteiger partial charge in [-0.2, -0.15) is 0 Å². The molecule has 1 fully saturated rings. The van der Waals surface area contributed by atoms with Crippen molar-refractivity contribution in [2.45, 2.75) is 89.9 Å². The highest BCUT2D eigenvalue weighted by atomic mass is 32.1. The number of ketones is 1. The Hall–Kier alpha value is -3.78. The van der Waals surface area contributed by atoms with Crippen LogP contribution in [0.3, 0.4) is 0 Å². The topological polar surface area (TPSA) is 87.1 Å². The number of thiophene rings is 1. The van der Waals surface area contributed by atoms with Crippen LogP contribution in [-0.2, 0) is 17.7 Å². The van der Waals surface area contributed by atoms with Gasteiger partial charge in [0.05, 0.1) is 29.7 Å². The number of fused-ring (bicyclic) bond motifs is 9. The normalized spacial score (nSPS) is 24.5. The van der Waals surface area contributed by atoms with Crippen LogP contribution in [0.15, 0.2) is 90.5 Å². The van der Waals surface area contributed by atoms with Crippen LogP contribution in [0.25, 0.3) is 10.1 Å². The zero-order valence-corrected chi connectivity index (χ0v) is 29.1. The highest BCUT2D eigenvalue weighted by Gasteiger charge is 2.57. The number of amides is 1. The molecule has 7 rings (SSSR count). The number of hydrogen-bond acceptors (Lipinski definition) is 6. The molecule has 4 atom stereocenters. The maximum atomic E-state index is 14.5. The molecule has 1 heterocycles. The molecule has 1 aromatic heterocycles. The number of aliphatic hydroxyl groups excluding tert-OH is 1. The van der Waals surface area contributed by atoms with Gasteiger partial charge in [0.15, 0.2) is 0 Å². The Labute approximate surface area is 288 Å². The third-order valence-corrected chi connectivity index (χ3v) is 11.9. The maximum absolute atomic E-state index is 14.5. The second kappa shape index (κ2) is 14.4. The van der Waals surface area contributed by atoms with Gasteiger partial charge >= 0.3 is 6.09 Å². The van der Waals surface area contributed by atoms with Crippen LogP contribution in [-0.4, -0.2) is 51.8 Å². The van der Waals surface area contributed by atoms with Crippen molar-refractivity contribution in [2.75, 3.05) is 13.2 Å². The molecule has 7 heteroatoms. The summed E-state index contributed by atoms with van der Waals surface area (Å²) in [5, 5.41) is 24.8. The fraction of sp³-hybridized carbons (Fsp3) is 0.415. The van der Waals surface area contributed by atoms with Crippen LogP contribution < -0.4 is 0 Å². The second-order valence-electron chi connectivity index (χ2n) is 14.0. The van der Waals surface area contributed by atoms with E-state index in [-0.39, 0.29) is 24.9 Å². The van der Waals surface area contributed by atoms with Gasteiger partial charge in [0.1, 0.15) is 0 Å². The highest BCUT2D eigenvalue weighted by Crippen LogP contribution is 2.59. The molecule has 3 aliphatic rings. The van der Waals surface area contributed by atoms with E-state index >= 15 is 0 Å². The van der Waals surface area contributed by atoms with Crippen molar-refractivity contribution < 1.29 is 24.5 Å². The molecule has 0 aliphatic heterocycles. The fourth-order valence-corrected chi connectivity index (χ4v) is 8.96. The third kappa shape index (κ3) is 7.00. The summed E-state index contributed by atoms with van der Waals surface area (Å²) in [5.41, 5.74) is 2.79. The van der Waals surface area contributed by atoms with Crippen molar-refractivity contribution in [1.29, 1.82) is 0 Å². The molecule has 3 aromatic carbocycles. The molecule has 48 heavy (non-hydrogen) atoms. The van der Waals surface area contributed by atoms with Crippen molar-refractivity contribution >= 4 is 33.3 Å². The Morgan fingerprint density at radius 2 is 1.77 bits per heavy atom. The maximum Gasteiger partial charge on any atom is 0.410 e. The second-order valence-corrected chi connectivity index (χ2v) is 15.0. The molecule has 0 saturated heterocycles. The molecule has 252 valence electrons. The summed E-state index contributed by atoms with van der Waals surface area (Å²) in [6.07, 6.45) is 5.76. The largest absolute Gasteiger partial charge is 0.450 e. The number of carbonyl (C=O) groups excluding carboxylic acids is 2. The zero-order valence-electron chi connectivity index (χ0n) is 28.3. The lowest BCUT2D eigenvalue weighted by Crippen LogP contribution is -2.53. The molecule has 4 unspecified atom stereocenters. The van der Waals surface area contributed by atoms with Gasteiger partial charge in [0.25, 0.3) is 0 Å². The van der Waals surface area contributed by atoms with Crippen LogP contribution in [0, 0.1) is 5.41 Å². The van der Waals surface area contributed by atoms with E-state index in [1.807, 2.05) is 72.8 Å². The molecular weight excluding hydrogens is 619 g/mol. The molecule has 2 N–H and O–H groups in total. The van der Waals surface area contributed by atoms with Crippen LogP contribution >= 0.6 is 11.3 Å². The molecule has 1 amide bonds. The number of rotatable bonds is 7. The summed E-state index contributed by atoms with van der Waals surface area (Å²) in [7, 11) is 0. The van der Waals surface area contributed by atoms with E-state index in [1.165, 1.54) is 16.9 Å². The summed E-state index contributed by atoms with van der Waals surface area (Å²) in [5.74, 6) is -0.160. The van der Waals surface area contributed by atoms with Gasteiger partial charge < -0.3 is 19.8 Å². The lowest BCUT2D eigenvalue weighted by molar-refractivity contribution is -0.0821. The first-order valence-electron chi connectivity index (χ1n) is 17.3. The predicted octanol–water partition coefficient (Wildman–Crippen LogP) is 8.83. The van der Waals surface area contributed by atoms with Gasteiger partial charge in [0.2, 0.25) is 5.78 Å². The van der Waals surface area contributed by atoms with Gasteiger partial charge in [0, 0.05) is 22.2 Å². The monoisotopic (exact) mass is 665 g/mol. The standard InChI is InChI=1S/C41H47NO5S/c1-4-47-39(45)42(26-29-12-6-5-7-13-29)27-41(46)22-20-35-33-19-17-30(23-32(43)18-16-28(2)11-10-21-40(35,41)3)24-34(33)38(44)37-25-31-14-8-9-15-36(31)48-37/h5-9,11-15,17,19,24-25,32,35,43,46H,4,10,16,18,20-23,26-27H2,1-3H3. The van der Waals surface area contributed by atoms with E-state index < -0.39 is 23.2 Å². The Morgan fingerprint density at radius 1 is 1.00 bits per heavy atom. The molecule has 6 nitrogen and oxygen atoms in total. The van der Waals surface area contributed by atoms with Crippen molar-refractivity contribution in [3.8, 4) is 0 Å². The van der Waals surface area contributed by atoms with E-state index in [1.54, 1.807) is 11.8 Å². The summed E-state index contributed by atoms with van der Waals surface area (Å²) < 4.78 is 6.57. The minimum atomic E-state index is -1.23. The van der Waals surface area contributed by atoms with Crippen LogP contribution in [0.5, 0.6) is 0 Å². The Bertz CT molecular complexity index is 1760. The first kappa shape index (κ1) is 34.1. The number of ether oxygens (including phenoxy) is 1. The quantitative estimate of drug-likeness (QED) is 0.152. The van der Waals surface area contributed by atoms with Crippen LogP contribution in [0.2, 0.25) is 0 Å². The smallest absolute Gasteiger partial charge is 0.410 e. The molecule has 4 aromatic rings. The lowest BCUT2D eigenvalue weighted by Gasteiger charge is -2.46. The van der Waals surface area contributed by atoms with Crippen LogP contribution in [0.4, 0.5) is 4.79 Å². The van der Waals surface area contributed by atoms with Gasteiger partial charge in [-0.05, 0) is 105 Å². The van der Waals surface area contributed by atoms with Crippen LogP contribution in [0.1, 0.15) is 97.1 Å². The first-order chi connectivity index (χ1) is 23.1. The van der Waals surface area contributed by atoms with Gasteiger partial charge in [-0.1, -0.05) is 79.2 Å². The molecule has 2 bridgehead atoms. The van der Waals surface area contributed by atoms with E-state index in [2.05, 4.69) is 26.0 Å². The van der Waals surface area contributed by atoms with Crippen molar-refractivity contribution in [1.82, 2.24) is 4.90 Å². The third-order valence-electron chi connectivity index (χ3n) is 10.8. The number of carbonyl (C=O) groups is 2. The van der Waals surface area contributed by atoms with Crippen molar-refractivity contribution in [3.05, 3.63) is 118 Å². The van der Waals surface area contributed by atoms with Gasteiger partial charge in [-0.15, -0.1) is 11.3 Å². The molecule has 1 saturated carbocycles. The number of nitrogens with zero attached hydrogens (tertiary/aromatic N) is 1. The summed E-state index contributed by atoms with van der Waals surface area (Å²) in [6, 6.07) is 25.9. The Balaban J connectivity index is 1.43. The average Bonchev–Trinajstić information content (AvgIpc) is 3.62. The predicted molar refractivity (Wildman–Crippen MR) is 193 cm³/mol. The van der Waals surface area contributed by atoms with E-state index in [0.717, 1.165) is 39.6 Å². The Morgan fingerprint density at radius 3 is 2.54 bits per heavy atom. The summed E-state index contributed by atoms with van der Waals surface area (Å²) >= 11 is 1.50.